The van der Waals surface area contributed by atoms with Crippen LogP contribution in [-0.2, 0) is 35.8 Å². The summed E-state index contributed by atoms with van der Waals surface area (Å²) in [5, 5.41) is 0. The molecule has 4 aromatic rings. The molecule has 0 saturated carbocycles. The number of nitrogens with zero attached hydrogens (tertiary/aromatic N) is 2. The van der Waals surface area contributed by atoms with Gasteiger partial charge in [0.15, 0.2) is 0 Å². The summed E-state index contributed by atoms with van der Waals surface area (Å²) in [6.07, 6.45) is 1.83. The monoisotopic (exact) mass is 480 g/mol. The Kier molecular flexibility index (Phi) is 5.57. The SMILES string of the molecule is O=S(=O)(c1ccc2c(c1)CN(c1ccccc1)CC2)c1ccc2c(c1)CN(c1ccccc1)CC2. The number of hydrogen-bond donors (Lipinski definition) is 0. The van der Waals surface area contributed by atoms with Gasteiger partial charge in [-0.3, -0.25) is 0 Å². The lowest BCUT2D eigenvalue weighted by Crippen LogP contribution is -2.30. The van der Waals surface area contributed by atoms with E-state index in [1.54, 1.807) is 12.1 Å². The first-order valence-electron chi connectivity index (χ1n) is 12.2. The number of para-hydroxylation sites is 2. The highest BCUT2D eigenvalue weighted by Gasteiger charge is 2.25. The Hall–Kier alpha value is -3.57. The van der Waals surface area contributed by atoms with E-state index in [0.29, 0.717) is 9.79 Å². The maximum absolute atomic E-state index is 13.7. The maximum atomic E-state index is 13.7. The maximum Gasteiger partial charge on any atom is 0.206 e. The van der Waals surface area contributed by atoms with E-state index in [-0.39, 0.29) is 0 Å². The topological polar surface area (TPSA) is 40.6 Å². The minimum atomic E-state index is -3.61. The van der Waals surface area contributed by atoms with Crippen LogP contribution < -0.4 is 9.80 Å². The predicted molar refractivity (Wildman–Crippen MR) is 141 cm³/mol. The molecule has 0 atom stereocenters. The van der Waals surface area contributed by atoms with Crippen molar-refractivity contribution in [3.63, 3.8) is 0 Å². The average molecular weight is 481 g/mol. The lowest BCUT2D eigenvalue weighted by atomic mass is 9.99. The van der Waals surface area contributed by atoms with Gasteiger partial charge in [0, 0.05) is 37.6 Å². The highest BCUT2D eigenvalue weighted by Crippen LogP contribution is 2.31. The molecule has 4 aromatic carbocycles. The van der Waals surface area contributed by atoms with Crippen molar-refractivity contribution in [2.75, 3.05) is 22.9 Å². The normalized spacial score (nSPS) is 15.4. The van der Waals surface area contributed by atoms with E-state index < -0.39 is 9.84 Å². The van der Waals surface area contributed by atoms with Crippen molar-refractivity contribution in [1.29, 1.82) is 0 Å². The van der Waals surface area contributed by atoms with Crippen LogP contribution in [0.5, 0.6) is 0 Å². The molecule has 6 rings (SSSR count). The number of hydrogen-bond acceptors (Lipinski definition) is 4. The molecule has 0 spiro atoms. The molecule has 176 valence electrons. The van der Waals surface area contributed by atoms with Crippen LogP contribution in [0.15, 0.2) is 107 Å². The van der Waals surface area contributed by atoms with Crippen molar-refractivity contribution >= 4 is 21.2 Å². The Balaban J connectivity index is 1.29. The largest absolute Gasteiger partial charge is 0.367 e. The number of rotatable bonds is 4. The van der Waals surface area contributed by atoms with E-state index in [2.05, 4.69) is 34.1 Å². The average Bonchev–Trinajstić information content (AvgIpc) is 2.92. The smallest absolute Gasteiger partial charge is 0.206 e. The molecular weight excluding hydrogens is 452 g/mol. The van der Waals surface area contributed by atoms with Crippen molar-refractivity contribution in [3.8, 4) is 0 Å². The van der Waals surface area contributed by atoms with Gasteiger partial charge in [-0.25, -0.2) is 8.42 Å². The summed E-state index contributed by atoms with van der Waals surface area (Å²) in [7, 11) is -3.61. The van der Waals surface area contributed by atoms with Gasteiger partial charge in [-0.15, -0.1) is 0 Å². The van der Waals surface area contributed by atoms with Crippen LogP contribution >= 0.6 is 0 Å². The molecule has 0 fully saturated rings. The first-order chi connectivity index (χ1) is 17.1. The van der Waals surface area contributed by atoms with E-state index in [1.807, 2.05) is 60.7 Å². The fourth-order valence-electron chi connectivity index (χ4n) is 5.26. The van der Waals surface area contributed by atoms with Crippen LogP contribution in [0.2, 0.25) is 0 Å². The lowest BCUT2D eigenvalue weighted by Gasteiger charge is -2.31. The molecule has 0 aliphatic carbocycles. The van der Waals surface area contributed by atoms with Gasteiger partial charge in [0.2, 0.25) is 9.84 Å². The quantitative estimate of drug-likeness (QED) is 0.379. The molecule has 0 radical (unpaired) electrons. The third kappa shape index (κ3) is 4.21. The van der Waals surface area contributed by atoms with Crippen molar-refractivity contribution in [2.45, 2.75) is 35.7 Å². The number of anilines is 2. The third-order valence-corrected chi connectivity index (χ3v) is 8.99. The molecule has 0 saturated heterocycles. The zero-order chi connectivity index (χ0) is 23.8. The molecule has 2 aliphatic rings. The van der Waals surface area contributed by atoms with Gasteiger partial charge in [0.25, 0.3) is 0 Å². The highest BCUT2D eigenvalue weighted by molar-refractivity contribution is 7.91. The molecule has 2 aliphatic heterocycles. The highest BCUT2D eigenvalue weighted by atomic mass is 32.2. The molecule has 2 heterocycles. The lowest BCUT2D eigenvalue weighted by molar-refractivity contribution is 0.595. The van der Waals surface area contributed by atoms with Crippen LogP contribution in [0.4, 0.5) is 11.4 Å². The second-order valence-corrected chi connectivity index (χ2v) is 11.3. The second kappa shape index (κ2) is 8.90. The van der Waals surface area contributed by atoms with Crippen molar-refractivity contribution < 1.29 is 8.42 Å². The van der Waals surface area contributed by atoms with E-state index in [1.165, 1.54) is 22.5 Å². The summed E-state index contributed by atoms with van der Waals surface area (Å²) in [5.41, 5.74) is 7.00. The number of sulfone groups is 1. The van der Waals surface area contributed by atoms with Crippen LogP contribution in [0.25, 0.3) is 0 Å². The standard InChI is InChI=1S/C30H28N2O2S/c33-35(34,29-13-11-23-15-17-31(21-25(23)19-29)27-7-3-1-4-8-27)30-14-12-24-16-18-32(22-26(24)20-30)28-9-5-2-6-10-28/h1-14,19-20H,15-18,21-22H2. The molecule has 0 unspecified atom stereocenters. The van der Waals surface area contributed by atoms with Crippen molar-refractivity contribution in [2.24, 2.45) is 0 Å². The Morgan fingerprint density at radius 3 is 1.37 bits per heavy atom. The third-order valence-electron chi connectivity index (χ3n) is 7.24. The molecule has 0 amide bonds. The summed E-state index contributed by atoms with van der Waals surface area (Å²) >= 11 is 0. The fraction of sp³-hybridized carbons (Fsp3) is 0.200. The zero-order valence-electron chi connectivity index (χ0n) is 19.6. The van der Waals surface area contributed by atoms with E-state index in [4.69, 9.17) is 0 Å². The molecule has 5 heteroatoms. The summed E-state index contributed by atoms with van der Waals surface area (Å²) in [5.74, 6) is 0. The van der Waals surface area contributed by atoms with Gasteiger partial charge >= 0.3 is 0 Å². The number of benzene rings is 4. The van der Waals surface area contributed by atoms with Gasteiger partial charge < -0.3 is 9.80 Å². The molecule has 35 heavy (non-hydrogen) atoms. The van der Waals surface area contributed by atoms with Gasteiger partial charge in [0.05, 0.1) is 9.79 Å². The van der Waals surface area contributed by atoms with Gasteiger partial charge in [-0.2, -0.15) is 0 Å². The van der Waals surface area contributed by atoms with Crippen LogP contribution in [-0.4, -0.2) is 21.5 Å². The Bertz CT molecular complexity index is 1360. The van der Waals surface area contributed by atoms with Crippen LogP contribution in [0.1, 0.15) is 22.3 Å². The first kappa shape index (κ1) is 21.9. The molecule has 0 aromatic heterocycles. The van der Waals surface area contributed by atoms with Crippen molar-refractivity contribution in [1.82, 2.24) is 0 Å². The zero-order valence-corrected chi connectivity index (χ0v) is 20.4. The Morgan fingerprint density at radius 1 is 0.514 bits per heavy atom. The summed E-state index contributed by atoms with van der Waals surface area (Å²) in [6, 6.07) is 32.0. The Labute approximate surface area is 207 Å². The van der Waals surface area contributed by atoms with Crippen LogP contribution in [0.3, 0.4) is 0 Å². The minimum Gasteiger partial charge on any atom is -0.367 e. The van der Waals surface area contributed by atoms with Crippen LogP contribution in [0, 0.1) is 0 Å². The minimum absolute atomic E-state index is 0.377. The van der Waals surface area contributed by atoms with Gasteiger partial charge in [0.1, 0.15) is 0 Å². The summed E-state index contributed by atoms with van der Waals surface area (Å²) in [6.45, 7) is 3.32. The van der Waals surface area contributed by atoms with E-state index >= 15 is 0 Å². The van der Waals surface area contributed by atoms with E-state index in [0.717, 1.165) is 50.1 Å². The van der Waals surface area contributed by atoms with Crippen molar-refractivity contribution in [3.05, 3.63) is 119 Å². The summed E-state index contributed by atoms with van der Waals surface area (Å²) in [4.78, 5) is 5.38. The molecule has 0 bridgehead atoms. The molecule has 0 N–H and O–H groups in total. The second-order valence-electron chi connectivity index (χ2n) is 9.38. The van der Waals surface area contributed by atoms with Gasteiger partial charge in [-0.1, -0.05) is 48.5 Å². The molecular formula is C30H28N2O2S. The van der Waals surface area contributed by atoms with E-state index in [9.17, 15) is 8.42 Å². The summed E-state index contributed by atoms with van der Waals surface area (Å²) < 4.78 is 27.4. The molecule has 4 nitrogen and oxygen atoms in total. The Morgan fingerprint density at radius 2 is 0.943 bits per heavy atom. The fourth-order valence-corrected chi connectivity index (χ4v) is 6.62. The first-order valence-corrected chi connectivity index (χ1v) is 13.6. The number of fused-ring (bicyclic) bond motifs is 2. The predicted octanol–water partition coefficient (Wildman–Crippen LogP) is 5.64. The van der Waals surface area contributed by atoms with Gasteiger partial charge in [-0.05, 0) is 83.6 Å².